The number of nitrogens with one attached hydrogen (secondary N) is 3. The van der Waals surface area contributed by atoms with Gasteiger partial charge in [0.2, 0.25) is 0 Å². The lowest BCUT2D eigenvalue weighted by molar-refractivity contribution is -0.144. The Bertz CT molecular complexity index is 467. The lowest BCUT2D eigenvalue weighted by atomic mass is 10.2. The molecule has 8 nitrogen and oxygen atoms in total. The monoisotopic (exact) mass is 279 g/mol. The van der Waals surface area contributed by atoms with Gasteiger partial charge in [-0.1, -0.05) is 6.07 Å². The molecule has 0 bridgehead atoms. The van der Waals surface area contributed by atoms with Crippen LogP contribution in [0.2, 0.25) is 0 Å². The van der Waals surface area contributed by atoms with E-state index < -0.39 is 12.0 Å². The number of aliphatic carboxylic acids is 1. The number of rotatable bonds is 5. The van der Waals surface area contributed by atoms with Crippen LogP contribution in [-0.4, -0.2) is 59.1 Å². The highest BCUT2D eigenvalue weighted by atomic mass is 16.4. The SMILES string of the molecule is O=C(CN1CCNCC1C(=O)O)NNc1ccccn1. The van der Waals surface area contributed by atoms with Crippen LogP contribution in [0.5, 0.6) is 0 Å². The summed E-state index contributed by atoms with van der Waals surface area (Å²) in [6, 6.07) is 4.60. The van der Waals surface area contributed by atoms with Gasteiger partial charge in [-0.25, -0.2) is 4.98 Å². The van der Waals surface area contributed by atoms with Crippen LogP contribution in [0.25, 0.3) is 0 Å². The van der Waals surface area contributed by atoms with Gasteiger partial charge in [-0.3, -0.25) is 25.3 Å². The summed E-state index contributed by atoms with van der Waals surface area (Å²) < 4.78 is 0. The first kappa shape index (κ1) is 14.2. The van der Waals surface area contributed by atoms with Gasteiger partial charge in [0, 0.05) is 25.8 Å². The van der Waals surface area contributed by atoms with Gasteiger partial charge in [-0.2, -0.15) is 0 Å². The number of carbonyl (C=O) groups is 2. The average Bonchev–Trinajstić information content (AvgIpc) is 2.46. The molecule has 0 radical (unpaired) electrons. The van der Waals surface area contributed by atoms with Crippen LogP contribution in [0.15, 0.2) is 24.4 Å². The van der Waals surface area contributed by atoms with Gasteiger partial charge in [0.1, 0.15) is 11.9 Å². The van der Waals surface area contributed by atoms with Crippen molar-refractivity contribution < 1.29 is 14.7 Å². The number of nitrogens with zero attached hydrogens (tertiary/aromatic N) is 2. The number of pyridine rings is 1. The van der Waals surface area contributed by atoms with Gasteiger partial charge in [-0.15, -0.1) is 0 Å². The highest BCUT2D eigenvalue weighted by molar-refractivity contribution is 5.81. The minimum absolute atomic E-state index is 0.0263. The Labute approximate surface area is 116 Å². The van der Waals surface area contributed by atoms with Crippen molar-refractivity contribution in [1.29, 1.82) is 0 Å². The van der Waals surface area contributed by atoms with Gasteiger partial charge in [0.15, 0.2) is 0 Å². The number of carboxylic acids is 1. The van der Waals surface area contributed by atoms with E-state index >= 15 is 0 Å². The molecule has 1 fully saturated rings. The zero-order chi connectivity index (χ0) is 14.4. The van der Waals surface area contributed by atoms with E-state index in [9.17, 15) is 9.59 Å². The van der Waals surface area contributed by atoms with Crippen molar-refractivity contribution in [2.75, 3.05) is 31.6 Å². The molecule has 4 N–H and O–H groups in total. The molecule has 0 aliphatic carbocycles. The molecule has 1 aliphatic heterocycles. The van der Waals surface area contributed by atoms with E-state index in [-0.39, 0.29) is 12.5 Å². The fraction of sp³-hybridized carbons (Fsp3) is 0.417. The summed E-state index contributed by atoms with van der Waals surface area (Å²) in [6.07, 6.45) is 1.60. The van der Waals surface area contributed by atoms with Crippen LogP contribution in [0.3, 0.4) is 0 Å². The topological polar surface area (TPSA) is 107 Å². The Morgan fingerprint density at radius 2 is 2.35 bits per heavy atom. The van der Waals surface area contributed by atoms with Crippen molar-refractivity contribution in [2.24, 2.45) is 0 Å². The molecule has 0 aromatic carbocycles. The summed E-state index contributed by atoms with van der Waals surface area (Å²) in [4.78, 5) is 28.5. The van der Waals surface area contributed by atoms with Gasteiger partial charge < -0.3 is 10.4 Å². The van der Waals surface area contributed by atoms with Crippen molar-refractivity contribution in [1.82, 2.24) is 20.6 Å². The molecule has 8 heteroatoms. The van der Waals surface area contributed by atoms with Gasteiger partial charge in [-0.05, 0) is 12.1 Å². The molecule has 2 rings (SSSR count). The van der Waals surface area contributed by atoms with Gasteiger partial charge in [0.25, 0.3) is 5.91 Å². The fourth-order valence-corrected chi connectivity index (χ4v) is 1.97. The summed E-state index contributed by atoms with van der Waals surface area (Å²) in [5, 5.41) is 12.1. The molecule has 1 saturated heterocycles. The standard InChI is InChI=1S/C12H17N5O3/c18-11(16-15-10-3-1-2-4-14-10)8-17-6-5-13-7-9(17)12(19)20/h1-4,9,13H,5-8H2,(H,14,15)(H,16,18)(H,19,20). The van der Waals surface area contributed by atoms with Crippen LogP contribution in [0.4, 0.5) is 5.82 Å². The van der Waals surface area contributed by atoms with Gasteiger partial charge >= 0.3 is 5.97 Å². The molecule has 1 aliphatic rings. The van der Waals surface area contributed by atoms with Crippen LogP contribution >= 0.6 is 0 Å². The van der Waals surface area contributed by atoms with E-state index in [1.807, 2.05) is 0 Å². The molecule has 1 amide bonds. The predicted octanol–water partition coefficient (Wildman–Crippen LogP) is -1.12. The van der Waals surface area contributed by atoms with E-state index in [4.69, 9.17) is 5.11 Å². The third-order valence-corrected chi connectivity index (χ3v) is 2.98. The Hall–Kier alpha value is -2.19. The lowest BCUT2D eigenvalue weighted by Crippen LogP contribution is -2.57. The maximum Gasteiger partial charge on any atom is 0.322 e. The zero-order valence-electron chi connectivity index (χ0n) is 10.9. The van der Waals surface area contributed by atoms with Crippen molar-refractivity contribution in [3.63, 3.8) is 0 Å². The smallest absolute Gasteiger partial charge is 0.322 e. The molecular formula is C12H17N5O3. The third-order valence-electron chi connectivity index (χ3n) is 2.98. The number of anilines is 1. The molecule has 1 atom stereocenters. The minimum atomic E-state index is -0.928. The number of hydrogen-bond acceptors (Lipinski definition) is 6. The lowest BCUT2D eigenvalue weighted by Gasteiger charge is -2.32. The van der Waals surface area contributed by atoms with E-state index in [1.165, 1.54) is 0 Å². The number of hydrogen-bond donors (Lipinski definition) is 4. The first-order valence-corrected chi connectivity index (χ1v) is 6.30. The second-order valence-electron chi connectivity index (χ2n) is 4.42. The second-order valence-corrected chi connectivity index (χ2v) is 4.42. The van der Waals surface area contributed by atoms with Crippen molar-refractivity contribution in [3.05, 3.63) is 24.4 Å². The minimum Gasteiger partial charge on any atom is -0.480 e. The number of carbonyl (C=O) groups excluding carboxylic acids is 1. The van der Waals surface area contributed by atoms with Crippen LogP contribution in [-0.2, 0) is 9.59 Å². The highest BCUT2D eigenvalue weighted by Crippen LogP contribution is 2.03. The van der Waals surface area contributed by atoms with Crippen molar-refractivity contribution in [3.8, 4) is 0 Å². The van der Waals surface area contributed by atoms with Crippen LogP contribution in [0, 0.1) is 0 Å². The van der Waals surface area contributed by atoms with E-state index in [0.717, 1.165) is 0 Å². The Morgan fingerprint density at radius 3 is 3.05 bits per heavy atom. The molecule has 0 spiro atoms. The maximum atomic E-state index is 11.8. The molecule has 0 saturated carbocycles. The largest absolute Gasteiger partial charge is 0.480 e. The van der Waals surface area contributed by atoms with Gasteiger partial charge in [0.05, 0.1) is 6.54 Å². The van der Waals surface area contributed by atoms with Crippen LogP contribution < -0.4 is 16.2 Å². The Morgan fingerprint density at radius 1 is 1.50 bits per heavy atom. The van der Waals surface area contributed by atoms with E-state index in [0.29, 0.717) is 25.5 Å². The number of amides is 1. The molecule has 108 valence electrons. The second kappa shape index (κ2) is 6.83. The molecule has 2 heterocycles. The maximum absolute atomic E-state index is 11.8. The highest BCUT2D eigenvalue weighted by Gasteiger charge is 2.29. The normalized spacial score (nSPS) is 19.3. The fourth-order valence-electron chi connectivity index (χ4n) is 1.97. The first-order chi connectivity index (χ1) is 9.66. The first-order valence-electron chi connectivity index (χ1n) is 6.30. The van der Waals surface area contributed by atoms with E-state index in [1.54, 1.807) is 29.3 Å². The summed E-state index contributed by atoms with van der Waals surface area (Å²) in [5.74, 6) is -0.706. The number of piperazine rings is 1. The van der Waals surface area contributed by atoms with Crippen LogP contribution in [0.1, 0.15) is 0 Å². The summed E-state index contributed by atoms with van der Waals surface area (Å²) in [6.45, 7) is 1.56. The van der Waals surface area contributed by atoms with Crippen molar-refractivity contribution in [2.45, 2.75) is 6.04 Å². The summed E-state index contributed by atoms with van der Waals surface area (Å²) in [7, 11) is 0. The predicted molar refractivity (Wildman–Crippen MR) is 71.9 cm³/mol. The number of carboxylic acid groups (broad SMARTS) is 1. The molecule has 1 aromatic rings. The zero-order valence-corrected chi connectivity index (χ0v) is 10.9. The summed E-state index contributed by atoms with van der Waals surface area (Å²) >= 11 is 0. The Kier molecular flexibility index (Phi) is 4.85. The number of aromatic nitrogens is 1. The molecule has 1 aromatic heterocycles. The van der Waals surface area contributed by atoms with Crippen molar-refractivity contribution >= 4 is 17.7 Å². The average molecular weight is 279 g/mol. The summed E-state index contributed by atoms with van der Waals surface area (Å²) in [5.41, 5.74) is 5.18. The molecule has 1 unspecified atom stereocenters. The molecule has 20 heavy (non-hydrogen) atoms. The third kappa shape index (κ3) is 3.90. The molecular weight excluding hydrogens is 262 g/mol. The Balaban J connectivity index is 1.82. The quantitative estimate of drug-likeness (QED) is 0.506. The number of hydrazine groups is 1. The van der Waals surface area contributed by atoms with E-state index in [2.05, 4.69) is 21.2 Å².